The van der Waals surface area contributed by atoms with E-state index in [1.54, 1.807) is 13.2 Å². The minimum absolute atomic E-state index is 0.232. The standard InChI is InChI=1S/C10H14FNO2/c1-13-5-2-6-14-10-4-3-8(12)7-9(10)11/h3-4,7H,2,5-6,12H2,1H3. The molecule has 0 fully saturated rings. The second-order valence-corrected chi connectivity index (χ2v) is 2.88. The predicted molar refractivity (Wildman–Crippen MR) is 52.8 cm³/mol. The van der Waals surface area contributed by atoms with Crippen LogP contribution in [0.1, 0.15) is 6.42 Å². The van der Waals surface area contributed by atoms with E-state index in [9.17, 15) is 4.39 Å². The second kappa shape index (κ2) is 5.44. The Balaban J connectivity index is 2.42. The Morgan fingerprint density at radius 3 is 2.79 bits per heavy atom. The molecule has 0 atom stereocenters. The molecule has 0 saturated carbocycles. The van der Waals surface area contributed by atoms with Gasteiger partial charge in [0.05, 0.1) is 6.61 Å². The summed E-state index contributed by atoms with van der Waals surface area (Å²) in [4.78, 5) is 0. The zero-order chi connectivity index (χ0) is 10.4. The van der Waals surface area contributed by atoms with Crippen molar-refractivity contribution in [3.05, 3.63) is 24.0 Å². The summed E-state index contributed by atoms with van der Waals surface area (Å²) >= 11 is 0. The largest absolute Gasteiger partial charge is 0.490 e. The second-order valence-electron chi connectivity index (χ2n) is 2.88. The fourth-order valence-electron chi connectivity index (χ4n) is 1.02. The first-order valence-corrected chi connectivity index (χ1v) is 4.41. The molecule has 0 saturated heterocycles. The fourth-order valence-corrected chi connectivity index (χ4v) is 1.02. The smallest absolute Gasteiger partial charge is 0.167 e. The highest BCUT2D eigenvalue weighted by Gasteiger charge is 2.02. The Morgan fingerprint density at radius 2 is 2.14 bits per heavy atom. The van der Waals surface area contributed by atoms with Crippen molar-refractivity contribution in [3.63, 3.8) is 0 Å². The van der Waals surface area contributed by atoms with Crippen molar-refractivity contribution in [1.82, 2.24) is 0 Å². The van der Waals surface area contributed by atoms with E-state index in [1.165, 1.54) is 12.1 Å². The summed E-state index contributed by atoms with van der Waals surface area (Å²) < 4.78 is 23.1. The molecule has 1 rings (SSSR count). The van der Waals surface area contributed by atoms with E-state index in [1.807, 2.05) is 0 Å². The number of halogens is 1. The maximum Gasteiger partial charge on any atom is 0.167 e. The lowest BCUT2D eigenvalue weighted by molar-refractivity contribution is 0.170. The van der Waals surface area contributed by atoms with Crippen LogP contribution in [0.25, 0.3) is 0 Å². The normalized spacial score (nSPS) is 10.1. The number of nitrogens with two attached hydrogens (primary N) is 1. The van der Waals surface area contributed by atoms with Crippen molar-refractivity contribution in [2.75, 3.05) is 26.1 Å². The third-order valence-corrected chi connectivity index (χ3v) is 1.71. The van der Waals surface area contributed by atoms with Crippen molar-refractivity contribution in [1.29, 1.82) is 0 Å². The van der Waals surface area contributed by atoms with Gasteiger partial charge in [0.15, 0.2) is 11.6 Å². The minimum atomic E-state index is -0.428. The van der Waals surface area contributed by atoms with Crippen LogP contribution in [0.4, 0.5) is 10.1 Å². The maximum absolute atomic E-state index is 13.1. The van der Waals surface area contributed by atoms with Crippen molar-refractivity contribution < 1.29 is 13.9 Å². The van der Waals surface area contributed by atoms with E-state index in [0.29, 0.717) is 18.9 Å². The average Bonchev–Trinajstić information content (AvgIpc) is 2.15. The maximum atomic E-state index is 13.1. The van der Waals surface area contributed by atoms with E-state index >= 15 is 0 Å². The first kappa shape index (κ1) is 10.8. The molecule has 1 aromatic rings. The van der Waals surface area contributed by atoms with Gasteiger partial charge in [0.25, 0.3) is 0 Å². The molecule has 1 aromatic carbocycles. The molecule has 0 spiro atoms. The van der Waals surface area contributed by atoms with Gasteiger partial charge in [-0.25, -0.2) is 4.39 Å². The SMILES string of the molecule is COCCCOc1ccc(N)cc1F. The van der Waals surface area contributed by atoms with Gasteiger partial charge >= 0.3 is 0 Å². The van der Waals surface area contributed by atoms with Gasteiger partial charge in [-0.15, -0.1) is 0 Å². The van der Waals surface area contributed by atoms with Crippen LogP contribution in [-0.4, -0.2) is 20.3 Å². The Bertz CT molecular complexity index is 291. The number of anilines is 1. The Labute approximate surface area is 82.6 Å². The van der Waals surface area contributed by atoms with E-state index in [-0.39, 0.29) is 5.75 Å². The molecular formula is C10H14FNO2. The number of nitrogen functional groups attached to an aromatic ring is 1. The number of rotatable bonds is 5. The third-order valence-electron chi connectivity index (χ3n) is 1.71. The lowest BCUT2D eigenvalue weighted by atomic mass is 10.3. The summed E-state index contributed by atoms with van der Waals surface area (Å²) in [6.45, 7) is 1.05. The Morgan fingerprint density at radius 1 is 1.36 bits per heavy atom. The quantitative estimate of drug-likeness (QED) is 0.581. The molecule has 78 valence electrons. The summed E-state index contributed by atoms with van der Waals surface area (Å²) in [5.41, 5.74) is 5.78. The highest BCUT2D eigenvalue weighted by atomic mass is 19.1. The van der Waals surface area contributed by atoms with Crippen molar-refractivity contribution in [3.8, 4) is 5.75 Å². The number of ether oxygens (including phenoxy) is 2. The molecule has 0 heterocycles. The Hall–Kier alpha value is -1.29. The van der Waals surface area contributed by atoms with Gasteiger partial charge in [0, 0.05) is 31.9 Å². The van der Waals surface area contributed by atoms with Crippen molar-refractivity contribution in [2.45, 2.75) is 6.42 Å². The molecule has 3 nitrogen and oxygen atoms in total. The van der Waals surface area contributed by atoms with Gasteiger partial charge in [0.1, 0.15) is 0 Å². The monoisotopic (exact) mass is 199 g/mol. The summed E-state index contributed by atoms with van der Waals surface area (Å²) in [6.07, 6.45) is 0.736. The van der Waals surface area contributed by atoms with Gasteiger partial charge in [-0.05, 0) is 12.1 Å². The predicted octanol–water partition coefficient (Wildman–Crippen LogP) is 1.82. The molecular weight excluding hydrogens is 185 g/mol. The first-order chi connectivity index (χ1) is 6.74. The third kappa shape index (κ3) is 3.22. The van der Waals surface area contributed by atoms with Gasteiger partial charge in [-0.2, -0.15) is 0 Å². The van der Waals surface area contributed by atoms with E-state index in [4.69, 9.17) is 15.2 Å². The van der Waals surface area contributed by atoms with Gasteiger partial charge in [-0.1, -0.05) is 0 Å². The first-order valence-electron chi connectivity index (χ1n) is 4.41. The molecule has 0 aromatic heterocycles. The highest BCUT2D eigenvalue weighted by Crippen LogP contribution is 2.19. The molecule has 0 aliphatic rings. The summed E-state index contributed by atoms with van der Waals surface area (Å²) in [5.74, 6) is -0.197. The van der Waals surface area contributed by atoms with Crippen molar-refractivity contribution in [2.24, 2.45) is 0 Å². The number of benzene rings is 1. The number of hydrogen-bond acceptors (Lipinski definition) is 3. The van der Waals surface area contributed by atoms with Crippen LogP contribution in [0.15, 0.2) is 18.2 Å². The van der Waals surface area contributed by atoms with Crippen LogP contribution in [0.5, 0.6) is 5.75 Å². The van der Waals surface area contributed by atoms with Crippen LogP contribution in [0.2, 0.25) is 0 Å². The van der Waals surface area contributed by atoms with Crippen LogP contribution < -0.4 is 10.5 Å². The van der Waals surface area contributed by atoms with Gasteiger partial charge in [0.2, 0.25) is 0 Å². The highest BCUT2D eigenvalue weighted by molar-refractivity contribution is 5.42. The number of hydrogen-bond donors (Lipinski definition) is 1. The molecule has 4 heteroatoms. The lowest BCUT2D eigenvalue weighted by Crippen LogP contribution is -2.02. The summed E-state index contributed by atoms with van der Waals surface area (Å²) in [7, 11) is 1.61. The molecule has 0 aliphatic carbocycles. The van der Waals surface area contributed by atoms with Crippen LogP contribution in [0.3, 0.4) is 0 Å². The molecule has 0 amide bonds. The lowest BCUT2D eigenvalue weighted by Gasteiger charge is -2.06. The molecule has 2 N–H and O–H groups in total. The average molecular weight is 199 g/mol. The van der Waals surface area contributed by atoms with Crippen LogP contribution in [-0.2, 0) is 4.74 Å². The summed E-state index contributed by atoms with van der Waals surface area (Å²) in [6, 6.07) is 4.37. The van der Waals surface area contributed by atoms with Crippen molar-refractivity contribution >= 4 is 5.69 Å². The molecule has 0 radical (unpaired) electrons. The molecule has 0 bridgehead atoms. The molecule has 0 aliphatic heterocycles. The molecule has 0 unspecified atom stereocenters. The zero-order valence-corrected chi connectivity index (χ0v) is 8.13. The van der Waals surface area contributed by atoms with E-state index in [2.05, 4.69) is 0 Å². The van der Waals surface area contributed by atoms with Gasteiger partial charge in [-0.3, -0.25) is 0 Å². The minimum Gasteiger partial charge on any atom is -0.490 e. The van der Waals surface area contributed by atoms with E-state index < -0.39 is 5.82 Å². The van der Waals surface area contributed by atoms with E-state index in [0.717, 1.165) is 6.42 Å². The van der Waals surface area contributed by atoms with Crippen LogP contribution in [0, 0.1) is 5.82 Å². The topological polar surface area (TPSA) is 44.5 Å². The fraction of sp³-hybridized carbons (Fsp3) is 0.400. The number of methoxy groups -OCH3 is 1. The summed E-state index contributed by atoms with van der Waals surface area (Å²) in [5, 5.41) is 0. The van der Waals surface area contributed by atoms with Crippen LogP contribution >= 0.6 is 0 Å². The zero-order valence-electron chi connectivity index (χ0n) is 8.13. The molecule has 14 heavy (non-hydrogen) atoms. The Kier molecular flexibility index (Phi) is 4.19. The van der Waals surface area contributed by atoms with Gasteiger partial charge < -0.3 is 15.2 Å².